The van der Waals surface area contributed by atoms with Crippen molar-refractivity contribution in [2.24, 2.45) is 0 Å². The molecule has 0 atom stereocenters. The highest BCUT2D eigenvalue weighted by Gasteiger charge is 2.18. The summed E-state index contributed by atoms with van der Waals surface area (Å²) < 4.78 is 4.95. The lowest BCUT2D eigenvalue weighted by Gasteiger charge is -2.16. The molecule has 11 heteroatoms. The Balaban J connectivity index is 1.92. The molecule has 2 amide bonds. The van der Waals surface area contributed by atoms with Gasteiger partial charge in [0.25, 0.3) is 5.69 Å². The number of benzene rings is 2. The van der Waals surface area contributed by atoms with Crippen molar-refractivity contribution in [3.63, 3.8) is 0 Å². The van der Waals surface area contributed by atoms with E-state index in [0.717, 1.165) is 0 Å². The summed E-state index contributed by atoms with van der Waals surface area (Å²) in [6, 6.07) is 8.75. The minimum Gasteiger partial charge on any atom is -0.496 e. The van der Waals surface area contributed by atoms with Gasteiger partial charge in [-0.15, -0.1) is 0 Å². The maximum absolute atomic E-state index is 12.2. The minimum absolute atomic E-state index is 0.0365. The normalized spacial score (nSPS) is 10.5. The van der Waals surface area contributed by atoms with E-state index in [0.29, 0.717) is 21.5 Å². The van der Waals surface area contributed by atoms with E-state index in [4.69, 9.17) is 27.9 Å². The Morgan fingerprint density at radius 1 is 1.07 bits per heavy atom. The Hall–Kier alpha value is -2.88. The summed E-state index contributed by atoms with van der Waals surface area (Å²) in [7, 11) is 2.95. The van der Waals surface area contributed by atoms with Crippen LogP contribution < -0.4 is 15.4 Å². The average molecular weight is 441 g/mol. The van der Waals surface area contributed by atoms with Crippen LogP contribution in [0.15, 0.2) is 36.4 Å². The number of halogens is 2. The molecule has 9 nitrogen and oxygen atoms in total. The fraction of sp³-hybridized carbons (Fsp3) is 0.222. The third kappa shape index (κ3) is 6.60. The zero-order chi connectivity index (χ0) is 21.6. The number of hydrogen-bond donors (Lipinski definition) is 2. The molecule has 0 saturated heterocycles. The van der Waals surface area contributed by atoms with Crippen LogP contribution in [0.2, 0.25) is 10.0 Å². The first-order valence-electron chi connectivity index (χ1n) is 8.25. The van der Waals surface area contributed by atoms with Crippen LogP contribution in [0.1, 0.15) is 0 Å². The molecule has 0 aromatic heterocycles. The number of nitrogens with zero attached hydrogens (tertiary/aromatic N) is 2. The summed E-state index contributed by atoms with van der Waals surface area (Å²) >= 11 is 11.7. The number of hydrogen-bond acceptors (Lipinski definition) is 6. The molecule has 0 aliphatic rings. The molecule has 0 aliphatic heterocycles. The predicted octanol–water partition coefficient (Wildman–Crippen LogP) is 3.42. The molecule has 0 heterocycles. The number of anilines is 2. The number of rotatable bonds is 8. The third-order valence-corrected chi connectivity index (χ3v) is 4.45. The van der Waals surface area contributed by atoms with Crippen molar-refractivity contribution in [1.29, 1.82) is 0 Å². The first-order chi connectivity index (χ1) is 13.7. The van der Waals surface area contributed by atoms with E-state index in [1.165, 1.54) is 36.3 Å². The molecule has 154 valence electrons. The fourth-order valence-corrected chi connectivity index (χ4v) is 2.70. The van der Waals surface area contributed by atoms with E-state index in [1.807, 2.05) is 0 Å². The van der Waals surface area contributed by atoms with Crippen molar-refractivity contribution in [3.05, 3.63) is 56.6 Å². The zero-order valence-electron chi connectivity index (χ0n) is 15.6. The SMILES string of the molecule is COc1ccc(NC(=O)CN(C)CC(=O)Nc2ccc(Cl)c(Cl)c2)c([N+](=O)[O-])c1. The molecule has 0 fully saturated rings. The average Bonchev–Trinajstić information content (AvgIpc) is 2.64. The lowest BCUT2D eigenvalue weighted by Crippen LogP contribution is -2.36. The maximum atomic E-state index is 12.2. The number of nitro benzene ring substituents is 1. The van der Waals surface area contributed by atoms with Gasteiger partial charge in [-0.1, -0.05) is 23.2 Å². The molecule has 2 aromatic carbocycles. The monoisotopic (exact) mass is 440 g/mol. The van der Waals surface area contributed by atoms with Gasteiger partial charge in [0.1, 0.15) is 11.4 Å². The molecule has 0 aliphatic carbocycles. The Labute approximate surface area is 176 Å². The summed E-state index contributed by atoms with van der Waals surface area (Å²) in [5.74, 6) is -0.581. The van der Waals surface area contributed by atoms with E-state index in [-0.39, 0.29) is 30.4 Å². The smallest absolute Gasteiger partial charge is 0.296 e. The Bertz CT molecular complexity index is 938. The van der Waals surface area contributed by atoms with E-state index >= 15 is 0 Å². The van der Waals surface area contributed by atoms with Gasteiger partial charge >= 0.3 is 0 Å². The molecule has 0 bridgehead atoms. The number of amides is 2. The lowest BCUT2D eigenvalue weighted by molar-refractivity contribution is -0.384. The molecule has 2 aromatic rings. The highest BCUT2D eigenvalue weighted by molar-refractivity contribution is 6.42. The molecule has 2 N–H and O–H groups in total. The van der Waals surface area contributed by atoms with Gasteiger partial charge in [0.05, 0.1) is 41.2 Å². The Morgan fingerprint density at radius 2 is 1.72 bits per heavy atom. The van der Waals surface area contributed by atoms with Gasteiger partial charge in [-0.3, -0.25) is 24.6 Å². The molecule has 0 saturated carbocycles. The molecule has 0 spiro atoms. The highest BCUT2D eigenvalue weighted by atomic mass is 35.5. The summed E-state index contributed by atoms with van der Waals surface area (Å²) in [4.78, 5) is 36.3. The second kappa shape index (κ2) is 10.1. The van der Waals surface area contributed by atoms with Crippen molar-refractivity contribution < 1.29 is 19.2 Å². The largest absolute Gasteiger partial charge is 0.496 e. The van der Waals surface area contributed by atoms with Crippen LogP contribution in [0, 0.1) is 10.1 Å². The highest BCUT2D eigenvalue weighted by Crippen LogP contribution is 2.29. The van der Waals surface area contributed by atoms with Crippen LogP contribution in [0.3, 0.4) is 0 Å². The van der Waals surface area contributed by atoms with Crippen molar-refractivity contribution in [1.82, 2.24) is 4.90 Å². The van der Waals surface area contributed by atoms with Gasteiger partial charge in [-0.05, 0) is 37.4 Å². The number of carbonyl (C=O) groups excluding carboxylic acids is 2. The topological polar surface area (TPSA) is 114 Å². The van der Waals surface area contributed by atoms with Crippen LogP contribution in [-0.4, -0.2) is 48.9 Å². The third-order valence-electron chi connectivity index (χ3n) is 3.71. The van der Waals surface area contributed by atoms with Gasteiger partial charge in [-0.2, -0.15) is 0 Å². The molecule has 0 unspecified atom stereocenters. The van der Waals surface area contributed by atoms with Gasteiger partial charge in [0.15, 0.2) is 0 Å². The second-order valence-electron chi connectivity index (χ2n) is 6.04. The van der Waals surface area contributed by atoms with E-state index in [2.05, 4.69) is 10.6 Å². The Morgan fingerprint density at radius 3 is 2.31 bits per heavy atom. The summed E-state index contributed by atoms with van der Waals surface area (Å²) in [6.07, 6.45) is 0. The first kappa shape index (κ1) is 22.4. The number of nitrogens with one attached hydrogen (secondary N) is 2. The van der Waals surface area contributed by atoms with Crippen molar-refractivity contribution >= 4 is 52.1 Å². The molecule has 2 rings (SSSR count). The Kier molecular flexibility index (Phi) is 7.77. The van der Waals surface area contributed by atoms with E-state index < -0.39 is 10.8 Å². The van der Waals surface area contributed by atoms with Crippen molar-refractivity contribution in [2.75, 3.05) is 37.9 Å². The van der Waals surface area contributed by atoms with E-state index in [9.17, 15) is 19.7 Å². The van der Waals surface area contributed by atoms with Crippen molar-refractivity contribution in [2.45, 2.75) is 0 Å². The van der Waals surface area contributed by atoms with Gasteiger partial charge in [-0.25, -0.2) is 0 Å². The second-order valence-corrected chi connectivity index (χ2v) is 6.85. The van der Waals surface area contributed by atoms with Crippen LogP contribution in [0.4, 0.5) is 17.1 Å². The number of carbonyl (C=O) groups is 2. The van der Waals surface area contributed by atoms with Crippen LogP contribution in [0.5, 0.6) is 5.75 Å². The first-order valence-corrected chi connectivity index (χ1v) is 9.01. The van der Waals surface area contributed by atoms with Gasteiger partial charge in [0, 0.05) is 5.69 Å². The van der Waals surface area contributed by atoms with Crippen LogP contribution in [0.25, 0.3) is 0 Å². The number of ether oxygens (including phenoxy) is 1. The molecule has 29 heavy (non-hydrogen) atoms. The lowest BCUT2D eigenvalue weighted by atomic mass is 10.2. The van der Waals surface area contributed by atoms with Crippen LogP contribution in [-0.2, 0) is 9.59 Å². The number of likely N-dealkylation sites (N-methyl/N-ethyl adjacent to an activating group) is 1. The molecule has 0 radical (unpaired) electrons. The minimum atomic E-state index is -0.619. The fourth-order valence-electron chi connectivity index (χ4n) is 2.41. The van der Waals surface area contributed by atoms with Gasteiger partial charge in [0.2, 0.25) is 11.8 Å². The van der Waals surface area contributed by atoms with E-state index in [1.54, 1.807) is 19.2 Å². The number of methoxy groups -OCH3 is 1. The summed E-state index contributed by atoms with van der Waals surface area (Å²) in [6.45, 7) is -0.240. The quantitative estimate of drug-likeness (QED) is 0.480. The van der Waals surface area contributed by atoms with Crippen LogP contribution >= 0.6 is 23.2 Å². The summed E-state index contributed by atoms with van der Waals surface area (Å²) in [5, 5.41) is 17.0. The van der Waals surface area contributed by atoms with Gasteiger partial charge < -0.3 is 15.4 Å². The number of nitro groups is 1. The standard InChI is InChI=1S/C18H18Cl2N4O5/c1-23(9-17(25)21-11-3-5-13(19)14(20)7-11)10-18(26)22-15-6-4-12(29-2)8-16(15)24(27)28/h3-8H,9-10H2,1-2H3,(H,21,25)(H,22,26). The predicted molar refractivity (Wildman–Crippen MR) is 111 cm³/mol. The van der Waals surface area contributed by atoms with Crippen molar-refractivity contribution in [3.8, 4) is 5.75 Å². The molecular weight excluding hydrogens is 423 g/mol. The molecular formula is C18H18Cl2N4O5. The maximum Gasteiger partial charge on any atom is 0.296 e. The summed E-state index contributed by atoms with van der Waals surface area (Å²) in [5.41, 5.74) is 0.211. The zero-order valence-corrected chi connectivity index (χ0v) is 17.1.